The van der Waals surface area contributed by atoms with Crippen molar-refractivity contribution in [3.05, 3.63) is 0 Å². The molecule has 1 amide bonds. The number of nitrogens with zero attached hydrogens (tertiary/aromatic N) is 1. The van der Waals surface area contributed by atoms with Gasteiger partial charge in [0.1, 0.15) is 0 Å². The van der Waals surface area contributed by atoms with Gasteiger partial charge in [-0.3, -0.25) is 9.59 Å². The van der Waals surface area contributed by atoms with E-state index in [1.165, 1.54) is 0 Å². The Morgan fingerprint density at radius 3 is 2.79 bits per heavy atom. The Morgan fingerprint density at radius 2 is 2.21 bits per heavy atom. The fraction of sp³-hybridized carbons (Fsp3) is 0.800. The lowest BCUT2D eigenvalue weighted by Gasteiger charge is -2.22. The van der Waals surface area contributed by atoms with Crippen LogP contribution in [0.3, 0.4) is 0 Å². The molecule has 0 aliphatic carbocycles. The van der Waals surface area contributed by atoms with E-state index in [1.807, 2.05) is 0 Å². The molecule has 1 heterocycles. The number of hydrogen-bond donors (Lipinski definition) is 1. The third-order valence-electron chi connectivity index (χ3n) is 2.64. The molecule has 0 spiro atoms. The molecule has 4 heteroatoms. The molecule has 0 unspecified atom stereocenters. The molecular formula is C10H18N2O2. The van der Waals surface area contributed by atoms with E-state index in [0.29, 0.717) is 19.4 Å². The molecule has 0 aromatic carbocycles. The van der Waals surface area contributed by atoms with Gasteiger partial charge in [-0.2, -0.15) is 0 Å². The van der Waals surface area contributed by atoms with Gasteiger partial charge in [0.25, 0.3) is 0 Å². The van der Waals surface area contributed by atoms with Gasteiger partial charge in [0.15, 0.2) is 5.78 Å². The zero-order valence-corrected chi connectivity index (χ0v) is 8.66. The summed E-state index contributed by atoms with van der Waals surface area (Å²) in [6, 6.07) is -0.166. The molecule has 0 aromatic heterocycles. The number of hydrogen-bond acceptors (Lipinski definition) is 3. The van der Waals surface area contributed by atoms with Gasteiger partial charge in [-0.25, -0.2) is 0 Å². The van der Waals surface area contributed by atoms with Crippen LogP contribution in [0.2, 0.25) is 0 Å². The van der Waals surface area contributed by atoms with Crippen LogP contribution in [0, 0.1) is 0 Å². The summed E-state index contributed by atoms with van der Waals surface area (Å²) in [5.74, 6) is 0.178. The zero-order chi connectivity index (χ0) is 10.6. The molecule has 14 heavy (non-hydrogen) atoms. The number of nitrogens with two attached hydrogens (primary N) is 1. The van der Waals surface area contributed by atoms with Gasteiger partial charge in [0, 0.05) is 13.0 Å². The van der Waals surface area contributed by atoms with Gasteiger partial charge < -0.3 is 10.6 Å². The SMILES string of the molecule is CC(=O)[C@H]1CCCN1C(=O)CCCN. The van der Waals surface area contributed by atoms with Crippen LogP contribution in [0.5, 0.6) is 0 Å². The number of Topliss-reactive ketones (excluding diaryl/α,β-unsaturated/α-hetero) is 1. The molecule has 80 valence electrons. The van der Waals surface area contributed by atoms with E-state index in [0.717, 1.165) is 19.4 Å². The molecule has 1 saturated heterocycles. The van der Waals surface area contributed by atoms with Crippen LogP contribution in [-0.2, 0) is 9.59 Å². The van der Waals surface area contributed by atoms with Crippen LogP contribution in [0.25, 0.3) is 0 Å². The van der Waals surface area contributed by atoms with Crippen LogP contribution in [0.1, 0.15) is 32.6 Å². The third-order valence-corrected chi connectivity index (χ3v) is 2.64. The Balaban J connectivity index is 2.49. The van der Waals surface area contributed by atoms with Crippen LogP contribution in [0.4, 0.5) is 0 Å². The minimum Gasteiger partial charge on any atom is -0.333 e. The molecule has 0 saturated carbocycles. The molecule has 1 fully saturated rings. The highest BCUT2D eigenvalue weighted by Crippen LogP contribution is 2.19. The Morgan fingerprint density at radius 1 is 1.50 bits per heavy atom. The molecule has 1 aliphatic rings. The van der Waals surface area contributed by atoms with E-state index in [4.69, 9.17) is 5.73 Å². The minimum absolute atomic E-state index is 0.0770. The summed E-state index contributed by atoms with van der Waals surface area (Å²) in [6.07, 6.45) is 2.95. The normalized spacial score (nSPS) is 21.3. The summed E-state index contributed by atoms with van der Waals surface area (Å²) in [4.78, 5) is 24.6. The van der Waals surface area contributed by atoms with Gasteiger partial charge in [-0.05, 0) is 32.7 Å². The van der Waals surface area contributed by atoms with Crippen LogP contribution < -0.4 is 5.73 Å². The van der Waals surface area contributed by atoms with Crippen molar-refractivity contribution in [2.24, 2.45) is 5.73 Å². The van der Waals surface area contributed by atoms with Crippen molar-refractivity contribution in [3.8, 4) is 0 Å². The highest BCUT2D eigenvalue weighted by Gasteiger charge is 2.30. The fourth-order valence-corrected chi connectivity index (χ4v) is 1.88. The first-order valence-electron chi connectivity index (χ1n) is 5.17. The van der Waals surface area contributed by atoms with E-state index >= 15 is 0 Å². The van der Waals surface area contributed by atoms with E-state index < -0.39 is 0 Å². The molecule has 1 rings (SSSR count). The average Bonchev–Trinajstić information content (AvgIpc) is 2.62. The first kappa shape index (κ1) is 11.2. The summed E-state index contributed by atoms with van der Waals surface area (Å²) in [5.41, 5.74) is 5.33. The molecule has 0 radical (unpaired) electrons. The molecule has 4 nitrogen and oxygen atoms in total. The highest BCUT2D eigenvalue weighted by molar-refractivity contribution is 5.88. The number of carbonyl (C=O) groups excluding carboxylic acids is 2. The van der Waals surface area contributed by atoms with E-state index in [-0.39, 0.29) is 17.7 Å². The predicted molar refractivity (Wildman–Crippen MR) is 53.7 cm³/mol. The first-order chi connectivity index (χ1) is 6.66. The van der Waals surface area contributed by atoms with Crippen molar-refractivity contribution in [2.75, 3.05) is 13.1 Å². The van der Waals surface area contributed by atoms with Gasteiger partial charge in [0.05, 0.1) is 6.04 Å². The Hall–Kier alpha value is -0.900. The average molecular weight is 198 g/mol. The lowest BCUT2D eigenvalue weighted by atomic mass is 10.1. The summed E-state index contributed by atoms with van der Waals surface area (Å²) < 4.78 is 0. The number of likely N-dealkylation sites (tertiary alicyclic amines) is 1. The standard InChI is InChI=1S/C10H18N2O2/c1-8(13)9-4-3-7-12(9)10(14)5-2-6-11/h9H,2-7,11H2,1H3/t9-/m1/s1. The van der Waals surface area contributed by atoms with Crippen molar-refractivity contribution < 1.29 is 9.59 Å². The summed E-state index contributed by atoms with van der Waals surface area (Å²) >= 11 is 0. The van der Waals surface area contributed by atoms with Gasteiger partial charge in [-0.15, -0.1) is 0 Å². The smallest absolute Gasteiger partial charge is 0.223 e. The number of rotatable bonds is 4. The summed E-state index contributed by atoms with van der Waals surface area (Å²) in [6.45, 7) is 2.82. The van der Waals surface area contributed by atoms with Gasteiger partial charge in [0.2, 0.25) is 5.91 Å². The summed E-state index contributed by atoms with van der Waals surface area (Å²) in [7, 11) is 0. The van der Waals surface area contributed by atoms with E-state index in [2.05, 4.69) is 0 Å². The van der Waals surface area contributed by atoms with E-state index in [1.54, 1.807) is 11.8 Å². The van der Waals surface area contributed by atoms with Crippen LogP contribution >= 0.6 is 0 Å². The Kier molecular flexibility index (Phi) is 4.07. The zero-order valence-electron chi connectivity index (χ0n) is 8.66. The molecule has 0 bridgehead atoms. The predicted octanol–water partition coefficient (Wildman–Crippen LogP) is 0.305. The van der Waals surface area contributed by atoms with Crippen molar-refractivity contribution >= 4 is 11.7 Å². The van der Waals surface area contributed by atoms with Crippen molar-refractivity contribution in [1.29, 1.82) is 0 Å². The van der Waals surface area contributed by atoms with Gasteiger partial charge >= 0.3 is 0 Å². The van der Waals surface area contributed by atoms with Crippen molar-refractivity contribution in [2.45, 2.75) is 38.6 Å². The summed E-state index contributed by atoms with van der Waals surface area (Å²) in [5, 5.41) is 0. The molecular weight excluding hydrogens is 180 g/mol. The quantitative estimate of drug-likeness (QED) is 0.707. The number of ketones is 1. The van der Waals surface area contributed by atoms with E-state index in [9.17, 15) is 9.59 Å². The molecule has 2 N–H and O–H groups in total. The highest BCUT2D eigenvalue weighted by atomic mass is 16.2. The lowest BCUT2D eigenvalue weighted by molar-refractivity contribution is -0.136. The lowest BCUT2D eigenvalue weighted by Crippen LogP contribution is -2.39. The second-order valence-electron chi connectivity index (χ2n) is 3.75. The number of carbonyl (C=O) groups is 2. The maximum Gasteiger partial charge on any atom is 0.223 e. The maximum absolute atomic E-state index is 11.6. The molecule has 0 aromatic rings. The molecule has 1 aliphatic heterocycles. The Bertz CT molecular complexity index is 228. The Labute approximate surface area is 84.4 Å². The molecule has 1 atom stereocenters. The first-order valence-corrected chi connectivity index (χ1v) is 5.17. The second-order valence-corrected chi connectivity index (χ2v) is 3.75. The van der Waals surface area contributed by atoms with Gasteiger partial charge in [-0.1, -0.05) is 0 Å². The van der Waals surface area contributed by atoms with Crippen molar-refractivity contribution in [1.82, 2.24) is 4.90 Å². The third kappa shape index (κ3) is 2.54. The maximum atomic E-state index is 11.6. The monoisotopic (exact) mass is 198 g/mol. The topological polar surface area (TPSA) is 63.4 Å². The largest absolute Gasteiger partial charge is 0.333 e. The van der Waals surface area contributed by atoms with Crippen LogP contribution in [-0.4, -0.2) is 35.7 Å². The second kappa shape index (κ2) is 5.10. The van der Waals surface area contributed by atoms with Crippen molar-refractivity contribution in [3.63, 3.8) is 0 Å². The van der Waals surface area contributed by atoms with Crippen LogP contribution in [0.15, 0.2) is 0 Å². The fourth-order valence-electron chi connectivity index (χ4n) is 1.88. The minimum atomic E-state index is -0.166. The number of amides is 1.